The molecule has 0 atom stereocenters. The van der Waals surface area contributed by atoms with Gasteiger partial charge in [0.2, 0.25) is 0 Å². The number of hydrogen-bond donors (Lipinski definition) is 0. The van der Waals surface area contributed by atoms with Crippen molar-refractivity contribution in [3.8, 4) is 34.0 Å². The lowest BCUT2D eigenvalue weighted by atomic mass is 9.82. The van der Waals surface area contributed by atoms with Crippen LogP contribution in [0.25, 0.3) is 54.6 Å². The normalized spacial score (nSPS) is 13.2. The molecule has 178 valence electrons. The van der Waals surface area contributed by atoms with Gasteiger partial charge in [-0.2, -0.15) is 5.26 Å². The monoisotopic (exact) mass is 485 g/mol. The summed E-state index contributed by atoms with van der Waals surface area (Å²) in [6, 6.07) is 37.9. The van der Waals surface area contributed by atoms with Crippen LogP contribution in [0.2, 0.25) is 0 Å². The molecule has 0 bridgehead atoms. The third kappa shape index (κ3) is 2.94. The topological polar surface area (TPSA) is 33.1 Å². The van der Waals surface area contributed by atoms with Crippen molar-refractivity contribution in [2.24, 2.45) is 0 Å². The molecule has 5 aromatic carbocycles. The van der Waals surface area contributed by atoms with Gasteiger partial charge in [-0.25, -0.2) is 4.85 Å². The molecule has 1 aliphatic carbocycles. The van der Waals surface area contributed by atoms with Crippen LogP contribution in [0, 0.1) is 17.9 Å². The highest BCUT2D eigenvalue weighted by Gasteiger charge is 2.35. The number of para-hydroxylation sites is 1. The third-order valence-electron chi connectivity index (χ3n) is 8.07. The predicted octanol–water partition coefficient (Wildman–Crippen LogP) is 9.18. The van der Waals surface area contributed by atoms with Gasteiger partial charge in [0.05, 0.1) is 23.7 Å². The maximum Gasteiger partial charge on any atom is 0.196 e. The van der Waals surface area contributed by atoms with Crippen LogP contribution in [0.3, 0.4) is 0 Å². The molecule has 1 heterocycles. The highest BCUT2D eigenvalue weighted by Crippen LogP contribution is 2.49. The van der Waals surface area contributed by atoms with Crippen molar-refractivity contribution in [2.75, 3.05) is 0 Å². The minimum atomic E-state index is -0.0783. The number of nitriles is 1. The summed E-state index contributed by atoms with van der Waals surface area (Å²) < 4.78 is 2.33. The summed E-state index contributed by atoms with van der Waals surface area (Å²) in [5.41, 5.74) is 11.2. The van der Waals surface area contributed by atoms with Crippen molar-refractivity contribution >= 4 is 27.5 Å². The summed E-state index contributed by atoms with van der Waals surface area (Å²) >= 11 is 0. The van der Waals surface area contributed by atoms with Gasteiger partial charge in [0.25, 0.3) is 0 Å². The summed E-state index contributed by atoms with van der Waals surface area (Å²) in [6.07, 6.45) is 0. The molecule has 38 heavy (non-hydrogen) atoms. The molecule has 0 amide bonds. The molecule has 6 aromatic rings. The van der Waals surface area contributed by atoms with E-state index in [0.29, 0.717) is 16.8 Å². The summed E-state index contributed by atoms with van der Waals surface area (Å²) in [7, 11) is 0. The standard InChI is InChI=1S/C35H23N3/c1-35(2)29-12-6-4-10-25(29)26-17-16-24(20-30(26)35)38-32-14-7-5-11-27(32)28-19-22(15-18-33(28)38)34-23(21-36)9-8-13-31(34)37-3/h4-20H,1-2H3. The van der Waals surface area contributed by atoms with Gasteiger partial charge in [-0.3, -0.25) is 0 Å². The van der Waals surface area contributed by atoms with E-state index in [2.05, 4.69) is 108 Å². The Hall–Kier alpha value is -5.12. The Morgan fingerprint density at radius 2 is 1.50 bits per heavy atom. The van der Waals surface area contributed by atoms with E-state index in [1.807, 2.05) is 6.07 Å². The lowest BCUT2D eigenvalue weighted by Crippen LogP contribution is -2.15. The summed E-state index contributed by atoms with van der Waals surface area (Å²) in [5, 5.41) is 12.0. The van der Waals surface area contributed by atoms with E-state index >= 15 is 0 Å². The number of rotatable bonds is 2. The van der Waals surface area contributed by atoms with Gasteiger partial charge in [-0.1, -0.05) is 80.6 Å². The average Bonchev–Trinajstić information content (AvgIpc) is 3.41. The molecule has 0 fully saturated rings. The Balaban J connectivity index is 1.49. The number of hydrogen-bond acceptors (Lipinski definition) is 1. The van der Waals surface area contributed by atoms with E-state index < -0.39 is 0 Å². The Morgan fingerprint density at radius 1 is 0.737 bits per heavy atom. The molecule has 7 rings (SSSR count). The number of aromatic nitrogens is 1. The van der Waals surface area contributed by atoms with Crippen molar-refractivity contribution in [1.82, 2.24) is 4.57 Å². The molecule has 0 unspecified atom stereocenters. The number of fused-ring (bicyclic) bond motifs is 6. The second-order valence-corrected chi connectivity index (χ2v) is 10.4. The van der Waals surface area contributed by atoms with E-state index in [4.69, 9.17) is 6.57 Å². The Kier molecular flexibility index (Phi) is 4.62. The smallest absolute Gasteiger partial charge is 0.196 e. The third-order valence-corrected chi connectivity index (χ3v) is 8.07. The van der Waals surface area contributed by atoms with E-state index in [-0.39, 0.29) is 5.41 Å². The van der Waals surface area contributed by atoms with E-state index in [1.54, 1.807) is 18.2 Å². The van der Waals surface area contributed by atoms with Gasteiger partial charge in [0.1, 0.15) is 0 Å². The van der Waals surface area contributed by atoms with E-state index in [0.717, 1.165) is 33.1 Å². The van der Waals surface area contributed by atoms with Crippen molar-refractivity contribution in [3.05, 3.63) is 131 Å². The van der Waals surface area contributed by atoms with Crippen LogP contribution in [0.1, 0.15) is 30.5 Å². The van der Waals surface area contributed by atoms with Crippen LogP contribution in [0.15, 0.2) is 103 Å². The maximum absolute atomic E-state index is 9.76. The van der Waals surface area contributed by atoms with Crippen LogP contribution >= 0.6 is 0 Å². The molecule has 1 aliphatic rings. The summed E-state index contributed by atoms with van der Waals surface area (Å²) in [6.45, 7) is 12.3. The van der Waals surface area contributed by atoms with Crippen molar-refractivity contribution in [1.29, 1.82) is 5.26 Å². The van der Waals surface area contributed by atoms with E-state index in [9.17, 15) is 5.26 Å². The molecular weight excluding hydrogens is 462 g/mol. The molecule has 0 aliphatic heterocycles. The number of nitrogens with zero attached hydrogens (tertiary/aromatic N) is 3. The lowest BCUT2D eigenvalue weighted by molar-refractivity contribution is 0.660. The predicted molar refractivity (Wildman–Crippen MR) is 155 cm³/mol. The van der Waals surface area contributed by atoms with Gasteiger partial charge in [0.15, 0.2) is 5.69 Å². The van der Waals surface area contributed by atoms with Crippen LogP contribution in [-0.4, -0.2) is 4.57 Å². The minimum absolute atomic E-state index is 0.0783. The maximum atomic E-state index is 9.76. The van der Waals surface area contributed by atoms with Crippen molar-refractivity contribution < 1.29 is 0 Å². The van der Waals surface area contributed by atoms with E-state index in [1.165, 1.54) is 22.3 Å². The Morgan fingerprint density at radius 3 is 2.34 bits per heavy atom. The van der Waals surface area contributed by atoms with Gasteiger partial charge >= 0.3 is 0 Å². The zero-order chi connectivity index (χ0) is 26.0. The first kappa shape index (κ1) is 22.1. The largest absolute Gasteiger partial charge is 0.309 e. The highest BCUT2D eigenvalue weighted by atomic mass is 15.0. The first-order chi connectivity index (χ1) is 18.5. The van der Waals surface area contributed by atoms with Gasteiger partial charge < -0.3 is 4.57 Å². The summed E-state index contributed by atoms with van der Waals surface area (Å²) in [4.78, 5) is 3.71. The zero-order valence-corrected chi connectivity index (χ0v) is 21.2. The second kappa shape index (κ2) is 7.94. The Bertz CT molecular complexity index is 1990. The minimum Gasteiger partial charge on any atom is -0.309 e. The van der Waals surface area contributed by atoms with Gasteiger partial charge in [-0.15, -0.1) is 0 Å². The first-order valence-corrected chi connectivity index (χ1v) is 12.7. The molecule has 0 saturated carbocycles. The lowest BCUT2D eigenvalue weighted by Gasteiger charge is -2.22. The fourth-order valence-corrected chi connectivity index (χ4v) is 6.27. The zero-order valence-electron chi connectivity index (χ0n) is 21.2. The molecule has 3 heteroatoms. The van der Waals surface area contributed by atoms with Gasteiger partial charge in [0, 0.05) is 33.0 Å². The SMILES string of the molecule is [C-]#[N+]c1cccc(C#N)c1-c1ccc2c(c1)c1ccccc1n2-c1ccc2c(c1)C(C)(C)c1ccccc1-2. The molecule has 1 aromatic heterocycles. The van der Waals surface area contributed by atoms with Crippen LogP contribution in [0.4, 0.5) is 5.69 Å². The van der Waals surface area contributed by atoms with Crippen LogP contribution in [-0.2, 0) is 5.41 Å². The molecular formula is C35H23N3. The molecule has 0 radical (unpaired) electrons. The van der Waals surface area contributed by atoms with Crippen LogP contribution in [0.5, 0.6) is 0 Å². The highest BCUT2D eigenvalue weighted by molar-refractivity contribution is 6.11. The molecule has 3 nitrogen and oxygen atoms in total. The summed E-state index contributed by atoms with van der Waals surface area (Å²) in [5.74, 6) is 0. The fourth-order valence-electron chi connectivity index (χ4n) is 6.27. The Labute approximate surface area is 221 Å². The van der Waals surface area contributed by atoms with Gasteiger partial charge in [-0.05, 0) is 64.2 Å². The second-order valence-electron chi connectivity index (χ2n) is 10.4. The molecule has 0 N–H and O–H groups in total. The molecule has 0 spiro atoms. The van der Waals surface area contributed by atoms with Crippen molar-refractivity contribution in [2.45, 2.75) is 19.3 Å². The van der Waals surface area contributed by atoms with Crippen LogP contribution < -0.4 is 0 Å². The molecule has 0 saturated heterocycles. The van der Waals surface area contributed by atoms with Crippen molar-refractivity contribution in [3.63, 3.8) is 0 Å². The quantitative estimate of drug-likeness (QED) is 0.225. The fraction of sp³-hybridized carbons (Fsp3) is 0.0857. The number of benzene rings is 5. The first-order valence-electron chi connectivity index (χ1n) is 12.7. The average molecular weight is 486 g/mol.